The van der Waals surface area contributed by atoms with Crippen LogP contribution in [0.25, 0.3) is 0 Å². The monoisotopic (exact) mass is 230 g/mol. The van der Waals surface area contributed by atoms with Crippen molar-refractivity contribution in [2.75, 3.05) is 0 Å². The lowest BCUT2D eigenvalue weighted by molar-refractivity contribution is 0.598. The standard InChI is InChI=1S/C14H15OP/c1-11-3-7-13(8-4-11)16(15)14-9-5-12(2)6-10-14/h3-10,16H,1-2H3. The number of hydrogen-bond donors (Lipinski definition) is 0. The van der Waals surface area contributed by atoms with E-state index in [0.717, 1.165) is 10.6 Å². The first-order valence-electron chi connectivity index (χ1n) is 5.35. The third kappa shape index (κ3) is 2.43. The van der Waals surface area contributed by atoms with Crippen LogP contribution in [-0.2, 0) is 4.57 Å². The third-order valence-electron chi connectivity index (χ3n) is 2.63. The number of rotatable bonds is 2. The van der Waals surface area contributed by atoms with Crippen LogP contribution in [0.5, 0.6) is 0 Å². The molecule has 0 radical (unpaired) electrons. The molecule has 0 fully saturated rings. The Labute approximate surface area is 96.9 Å². The first kappa shape index (κ1) is 11.2. The second kappa shape index (κ2) is 4.67. The predicted molar refractivity (Wildman–Crippen MR) is 70.6 cm³/mol. The fourth-order valence-corrected chi connectivity index (χ4v) is 2.85. The summed E-state index contributed by atoms with van der Waals surface area (Å²) in [6.07, 6.45) is 0. The van der Waals surface area contributed by atoms with Gasteiger partial charge in [-0.3, -0.25) is 0 Å². The SMILES string of the molecule is Cc1ccc([PH](=O)c2ccc(C)cc2)cc1. The molecule has 0 aliphatic carbocycles. The minimum atomic E-state index is -1.83. The minimum Gasteiger partial charge on any atom is -0.317 e. The van der Waals surface area contributed by atoms with Crippen LogP contribution in [0.4, 0.5) is 0 Å². The molecule has 0 bridgehead atoms. The van der Waals surface area contributed by atoms with Crippen LogP contribution < -0.4 is 10.6 Å². The molecule has 0 saturated heterocycles. The van der Waals surface area contributed by atoms with Gasteiger partial charge in [0.25, 0.3) is 0 Å². The smallest absolute Gasteiger partial charge is 0.131 e. The maximum atomic E-state index is 12.3. The van der Waals surface area contributed by atoms with E-state index in [4.69, 9.17) is 0 Å². The van der Waals surface area contributed by atoms with Gasteiger partial charge in [0.1, 0.15) is 7.80 Å². The summed E-state index contributed by atoms with van der Waals surface area (Å²) in [5, 5.41) is 1.86. The minimum absolute atomic E-state index is 0.930. The van der Waals surface area contributed by atoms with Crippen LogP contribution in [0, 0.1) is 13.8 Å². The lowest BCUT2D eigenvalue weighted by Crippen LogP contribution is -2.06. The summed E-state index contributed by atoms with van der Waals surface area (Å²) in [6.45, 7) is 4.07. The van der Waals surface area contributed by atoms with Crippen LogP contribution in [0.3, 0.4) is 0 Å². The molecule has 2 rings (SSSR count). The zero-order chi connectivity index (χ0) is 11.5. The Morgan fingerprint density at radius 3 is 1.31 bits per heavy atom. The average Bonchev–Trinajstić information content (AvgIpc) is 2.30. The van der Waals surface area contributed by atoms with Crippen molar-refractivity contribution >= 4 is 18.4 Å². The van der Waals surface area contributed by atoms with Crippen LogP contribution >= 0.6 is 7.80 Å². The van der Waals surface area contributed by atoms with Crippen LogP contribution in [-0.4, -0.2) is 0 Å². The van der Waals surface area contributed by atoms with E-state index in [1.807, 2.05) is 62.4 Å². The van der Waals surface area contributed by atoms with Gasteiger partial charge in [-0.05, 0) is 13.8 Å². The molecular weight excluding hydrogens is 215 g/mol. The molecule has 1 nitrogen and oxygen atoms in total. The summed E-state index contributed by atoms with van der Waals surface area (Å²) in [4.78, 5) is 0. The number of benzene rings is 2. The molecule has 2 heteroatoms. The maximum absolute atomic E-state index is 12.3. The highest BCUT2D eigenvalue weighted by Gasteiger charge is 2.05. The van der Waals surface area contributed by atoms with Gasteiger partial charge >= 0.3 is 0 Å². The van der Waals surface area contributed by atoms with Crippen molar-refractivity contribution in [2.45, 2.75) is 13.8 Å². The normalized spacial score (nSPS) is 10.7. The maximum Gasteiger partial charge on any atom is 0.131 e. The molecule has 2 aromatic carbocycles. The summed E-state index contributed by atoms with van der Waals surface area (Å²) in [5.41, 5.74) is 2.39. The second-order valence-corrected chi connectivity index (χ2v) is 5.87. The van der Waals surface area contributed by atoms with Crippen molar-refractivity contribution in [1.82, 2.24) is 0 Å². The first-order valence-corrected chi connectivity index (χ1v) is 6.76. The average molecular weight is 230 g/mol. The molecule has 0 aliphatic rings. The van der Waals surface area contributed by atoms with E-state index in [0.29, 0.717) is 0 Å². The van der Waals surface area contributed by atoms with E-state index >= 15 is 0 Å². The molecule has 0 N–H and O–H groups in total. The Morgan fingerprint density at radius 2 is 1.00 bits per heavy atom. The number of aryl methyl sites for hydroxylation is 2. The van der Waals surface area contributed by atoms with Crippen molar-refractivity contribution in [2.24, 2.45) is 0 Å². The van der Waals surface area contributed by atoms with Gasteiger partial charge in [0.2, 0.25) is 0 Å². The van der Waals surface area contributed by atoms with Crippen molar-refractivity contribution in [1.29, 1.82) is 0 Å². The zero-order valence-corrected chi connectivity index (χ0v) is 10.5. The summed E-state index contributed by atoms with van der Waals surface area (Å²) in [6, 6.07) is 15.8. The lowest BCUT2D eigenvalue weighted by Gasteiger charge is -2.03. The lowest BCUT2D eigenvalue weighted by atomic mass is 10.2. The number of hydrogen-bond acceptors (Lipinski definition) is 1. The molecule has 82 valence electrons. The van der Waals surface area contributed by atoms with E-state index in [-0.39, 0.29) is 0 Å². The third-order valence-corrected chi connectivity index (χ3v) is 4.34. The zero-order valence-electron chi connectivity index (χ0n) is 9.53. The molecule has 0 spiro atoms. The molecule has 0 heterocycles. The van der Waals surface area contributed by atoms with E-state index in [1.54, 1.807) is 0 Å². The highest BCUT2D eigenvalue weighted by molar-refractivity contribution is 7.61. The summed E-state index contributed by atoms with van der Waals surface area (Å²) >= 11 is 0. The van der Waals surface area contributed by atoms with E-state index in [2.05, 4.69) is 0 Å². The van der Waals surface area contributed by atoms with Gasteiger partial charge < -0.3 is 4.57 Å². The van der Waals surface area contributed by atoms with E-state index < -0.39 is 7.80 Å². The van der Waals surface area contributed by atoms with E-state index in [9.17, 15) is 4.57 Å². The van der Waals surface area contributed by atoms with Gasteiger partial charge in [-0.25, -0.2) is 0 Å². The molecule has 0 atom stereocenters. The Kier molecular flexibility index (Phi) is 3.26. The van der Waals surface area contributed by atoms with Gasteiger partial charge in [-0.15, -0.1) is 0 Å². The molecule has 0 amide bonds. The topological polar surface area (TPSA) is 17.1 Å². The van der Waals surface area contributed by atoms with Crippen molar-refractivity contribution in [3.05, 3.63) is 59.7 Å². The Bertz CT molecular complexity index is 450. The highest BCUT2D eigenvalue weighted by atomic mass is 31.1. The fraction of sp³-hybridized carbons (Fsp3) is 0.143. The van der Waals surface area contributed by atoms with Crippen LogP contribution in [0.1, 0.15) is 11.1 Å². The Morgan fingerprint density at radius 1 is 0.688 bits per heavy atom. The van der Waals surface area contributed by atoms with Crippen molar-refractivity contribution in [3.63, 3.8) is 0 Å². The molecular formula is C14H15OP. The summed E-state index contributed by atoms with van der Waals surface area (Å²) in [7, 11) is -1.83. The van der Waals surface area contributed by atoms with Gasteiger partial charge in [0.15, 0.2) is 0 Å². The second-order valence-electron chi connectivity index (χ2n) is 4.06. The van der Waals surface area contributed by atoms with Crippen LogP contribution in [0.2, 0.25) is 0 Å². The molecule has 0 unspecified atom stereocenters. The first-order chi connectivity index (χ1) is 7.66. The molecule has 0 saturated carbocycles. The predicted octanol–water partition coefficient (Wildman–Crippen LogP) is 2.81. The molecule has 0 aliphatic heterocycles. The van der Waals surface area contributed by atoms with Crippen molar-refractivity contribution < 1.29 is 4.57 Å². The molecule has 0 aromatic heterocycles. The van der Waals surface area contributed by atoms with Crippen LogP contribution in [0.15, 0.2) is 48.5 Å². The summed E-state index contributed by atoms with van der Waals surface area (Å²) in [5.74, 6) is 0. The highest BCUT2D eigenvalue weighted by Crippen LogP contribution is 2.19. The fourth-order valence-electron chi connectivity index (χ4n) is 1.58. The largest absolute Gasteiger partial charge is 0.317 e. The molecule has 16 heavy (non-hydrogen) atoms. The van der Waals surface area contributed by atoms with Gasteiger partial charge in [0, 0.05) is 10.6 Å². The van der Waals surface area contributed by atoms with E-state index in [1.165, 1.54) is 11.1 Å². The van der Waals surface area contributed by atoms with Gasteiger partial charge in [-0.2, -0.15) is 0 Å². The Balaban J connectivity index is 2.32. The summed E-state index contributed by atoms with van der Waals surface area (Å²) < 4.78 is 12.3. The molecule has 2 aromatic rings. The quantitative estimate of drug-likeness (QED) is 0.725. The van der Waals surface area contributed by atoms with Crippen molar-refractivity contribution in [3.8, 4) is 0 Å². The van der Waals surface area contributed by atoms with Gasteiger partial charge in [0.05, 0.1) is 0 Å². The van der Waals surface area contributed by atoms with Gasteiger partial charge in [-0.1, -0.05) is 59.7 Å². The Hall–Kier alpha value is -1.33.